The highest BCUT2D eigenvalue weighted by molar-refractivity contribution is 7.85. The van der Waals surface area contributed by atoms with Crippen LogP contribution < -0.4 is 0 Å². The predicted molar refractivity (Wildman–Crippen MR) is 70.7 cm³/mol. The average Bonchev–Trinajstić information content (AvgIpc) is 2.58. The lowest BCUT2D eigenvalue weighted by Gasteiger charge is -2.15. The van der Waals surface area contributed by atoms with Crippen LogP contribution in [0.25, 0.3) is 0 Å². The summed E-state index contributed by atoms with van der Waals surface area (Å²) in [6, 6.07) is 1.89. The van der Waals surface area contributed by atoms with Crippen LogP contribution in [-0.4, -0.2) is 30.3 Å². The minimum absolute atomic E-state index is 0.151. The van der Waals surface area contributed by atoms with Crippen LogP contribution in [0.2, 0.25) is 0 Å². The largest absolute Gasteiger partial charge is 0.480 e. The van der Waals surface area contributed by atoms with Gasteiger partial charge >= 0.3 is 5.97 Å². The molecule has 1 rings (SSSR count). The predicted octanol–water partition coefficient (Wildman–Crippen LogP) is 1.34. The van der Waals surface area contributed by atoms with Crippen LogP contribution in [0.5, 0.6) is 0 Å². The molecule has 6 heteroatoms. The van der Waals surface area contributed by atoms with Crippen LogP contribution in [0.3, 0.4) is 0 Å². The van der Waals surface area contributed by atoms with E-state index in [0.717, 1.165) is 17.8 Å². The Morgan fingerprint density at radius 1 is 1.56 bits per heavy atom. The molecular formula is C12H20N2O3S. The lowest BCUT2D eigenvalue weighted by Crippen LogP contribution is -2.32. The van der Waals surface area contributed by atoms with E-state index in [-0.39, 0.29) is 11.7 Å². The summed E-state index contributed by atoms with van der Waals surface area (Å²) in [7, 11) is 0.360. The van der Waals surface area contributed by atoms with Gasteiger partial charge in [0.15, 0.2) is 0 Å². The maximum absolute atomic E-state index is 12.1. The summed E-state index contributed by atoms with van der Waals surface area (Å²) in [4.78, 5) is 11.1. The molecule has 0 saturated heterocycles. The van der Waals surface area contributed by atoms with Gasteiger partial charge in [0.1, 0.15) is 5.25 Å². The number of aliphatic carboxylic acids is 1. The van der Waals surface area contributed by atoms with E-state index in [4.69, 9.17) is 5.11 Å². The molecule has 102 valence electrons. The number of aromatic nitrogens is 2. The topological polar surface area (TPSA) is 72.2 Å². The summed E-state index contributed by atoms with van der Waals surface area (Å²) in [6.07, 6.45) is 0.813. The van der Waals surface area contributed by atoms with Gasteiger partial charge in [0.2, 0.25) is 0 Å². The van der Waals surface area contributed by atoms with E-state index in [9.17, 15) is 9.00 Å². The van der Waals surface area contributed by atoms with E-state index in [2.05, 4.69) is 5.10 Å². The zero-order valence-corrected chi connectivity index (χ0v) is 12.0. The third-order valence-corrected chi connectivity index (χ3v) is 4.70. The van der Waals surface area contributed by atoms with Crippen LogP contribution in [0.1, 0.15) is 32.2 Å². The second-order valence-electron chi connectivity index (χ2n) is 4.63. The number of hydrogen-bond donors (Lipinski definition) is 1. The fourth-order valence-corrected chi connectivity index (χ4v) is 3.39. The number of carbonyl (C=O) groups is 1. The van der Waals surface area contributed by atoms with Gasteiger partial charge in [0.25, 0.3) is 0 Å². The standard InChI is InChI=1S/C12H20N2O3S/c1-5-9-6-10(14(4)13-9)7-18(17)11(8(2)3)12(15)16/h6,8,11H,5,7H2,1-4H3,(H,15,16). The molecule has 1 aromatic heterocycles. The summed E-state index contributed by atoms with van der Waals surface area (Å²) in [5.41, 5.74) is 1.75. The molecule has 0 amide bonds. The zero-order chi connectivity index (χ0) is 13.9. The quantitative estimate of drug-likeness (QED) is 0.848. The van der Waals surface area contributed by atoms with E-state index in [1.54, 1.807) is 25.6 Å². The Morgan fingerprint density at radius 2 is 2.17 bits per heavy atom. The molecule has 0 aliphatic carbocycles. The van der Waals surface area contributed by atoms with Gasteiger partial charge in [-0.3, -0.25) is 13.7 Å². The lowest BCUT2D eigenvalue weighted by atomic mass is 10.1. The van der Waals surface area contributed by atoms with Gasteiger partial charge in [-0.2, -0.15) is 5.10 Å². The molecule has 1 aromatic rings. The number of nitrogens with zero attached hydrogens (tertiary/aromatic N) is 2. The number of carboxylic acid groups (broad SMARTS) is 1. The summed E-state index contributed by atoms with van der Waals surface area (Å²) in [5, 5.41) is 12.5. The minimum Gasteiger partial charge on any atom is -0.480 e. The van der Waals surface area contributed by atoms with Crippen molar-refractivity contribution in [2.24, 2.45) is 13.0 Å². The second kappa shape index (κ2) is 6.13. The molecule has 0 aliphatic rings. The van der Waals surface area contributed by atoms with Crippen molar-refractivity contribution in [3.63, 3.8) is 0 Å². The first-order chi connectivity index (χ1) is 8.36. The second-order valence-corrected chi connectivity index (χ2v) is 6.19. The molecule has 0 aliphatic heterocycles. The normalized spacial score (nSPS) is 14.7. The highest BCUT2D eigenvalue weighted by atomic mass is 32.2. The van der Waals surface area contributed by atoms with Crippen molar-refractivity contribution in [1.82, 2.24) is 9.78 Å². The van der Waals surface area contributed by atoms with Crippen molar-refractivity contribution in [2.75, 3.05) is 0 Å². The summed E-state index contributed by atoms with van der Waals surface area (Å²) in [6.45, 7) is 5.55. The van der Waals surface area contributed by atoms with E-state index in [0.29, 0.717) is 0 Å². The Labute approximate surface area is 110 Å². The van der Waals surface area contributed by atoms with Gasteiger partial charge in [-0.15, -0.1) is 0 Å². The van der Waals surface area contributed by atoms with Crippen molar-refractivity contribution in [3.8, 4) is 0 Å². The number of hydrogen-bond acceptors (Lipinski definition) is 3. The molecule has 0 saturated carbocycles. The molecule has 2 atom stereocenters. The Morgan fingerprint density at radius 3 is 2.56 bits per heavy atom. The van der Waals surface area contributed by atoms with E-state index >= 15 is 0 Å². The monoisotopic (exact) mass is 272 g/mol. The highest BCUT2D eigenvalue weighted by Crippen LogP contribution is 2.15. The fourth-order valence-electron chi connectivity index (χ4n) is 1.82. The average molecular weight is 272 g/mol. The lowest BCUT2D eigenvalue weighted by molar-refractivity contribution is -0.137. The summed E-state index contributed by atoms with van der Waals surface area (Å²) in [5.74, 6) is -0.915. The summed E-state index contributed by atoms with van der Waals surface area (Å²) >= 11 is 0. The van der Waals surface area contributed by atoms with Gasteiger partial charge in [0.05, 0.1) is 17.1 Å². The molecule has 0 spiro atoms. The molecule has 0 bridgehead atoms. The van der Waals surface area contributed by atoms with Crippen molar-refractivity contribution in [1.29, 1.82) is 0 Å². The first-order valence-corrected chi connectivity index (χ1v) is 7.36. The molecule has 1 N–H and O–H groups in total. The fraction of sp³-hybridized carbons (Fsp3) is 0.667. The molecule has 5 nitrogen and oxygen atoms in total. The zero-order valence-electron chi connectivity index (χ0n) is 11.2. The molecule has 0 fully saturated rings. The van der Waals surface area contributed by atoms with E-state index in [1.807, 2.05) is 13.0 Å². The van der Waals surface area contributed by atoms with Gasteiger partial charge < -0.3 is 5.11 Å². The third-order valence-electron chi connectivity index (χ3n) is 2.81. The molecular weight excluding hydrogens is 252 g/mol. The van der Waals surface area contributed by atoms with Gasteiger partial charge in [-0.25, -0.2) is 0 Å². The van der Waals surface area contributed by atoms with Gasteiger partial charge in [0, 0.05) is 17.8 Å². The smallest absolute Gasteiger partial charge is 0.319 e. The van der Waals surface area contributed by atoms with Crippen LogP contribution >= 0.6 is 0 Å². The van der Waals surface area contributed by atoms with Crippen molar-refractivity contribution >= 4 is 16.8 Å². The van der Waals surface area contributed by atoms with Crippen LogP contribution in [0, 0.1) is 5.92 Å². The minimum atomic E-state index is -1.43. The summed E-state index contributed by atoms with van der Waals surface area (Å²) < 4.78 is 13.8. The Hall–Kier alpha value is -1.17. The highest BCUT2D eigenvalue weighted by Gasteiger charge is 2.28. The van der Waals surface area contributed by atoms with Crippen molar-refractivity contribution < 1.29 is 14.1 Å². The number of rotatable bonds is 6. The van der Waals surface area contributed by atoms with Crippen molar-refractivity contribution in [3.05, 3.63) is 17.5 Å². The maximum Gasteiger partial charge on any atom is 0.319 e. The van der Waals surface area contributed by atoms with Gasteiger partial charge in [-0.1, -0.05) is 20.8 Å². The SMILES string of the molecule is CCc1cc(CS(=O)C(C(=O)O)C(C)C)n(C)n1. The molecule has 0 radical (unpaired) electrons. The van der Waals surface area contributed by atoms with E-state index < -0.39 is 22.0 Å². The third kappa shape index (κ3) is 3.41. The number of carboxylic acids is 1. The maximum atomic E-state index is 12.1. The molecule has 18 heavy (non-hydrogen) atoms. The van der Waals surface area contributed by atoms with Crippen molar-refractivity contribution in [2.45, 2.75) is 38.2 Å². The van der Waals surface area contributed by atoms with E-state index in [1.165, 1.54) is 0 Å². The molecule has 1 heterocycles. The first kappa shape index (κ1) is 14.9. The Bertz CT molecular complexity index is 454. The molecule has 0 aromatic carbocycles. The van der Waals surface area contributed by atoms with Crippen LogP contribution in [-0.2, 0) is 34.8 Å². The number of aryl methyl sites for hydroxylation is 2. The molecule has 2 unspecified atom stereocenters. The van der Waals surface area contributed by atoms with Crippen LogP contribution in [0.15, 0.2) is 6.07 Å². The first-order valence-electron chi connectivity index (χ1n) is 5.98. The Kier molecular flexibility index (Phi) is 5.07. The van der Waals surface area contributed by atoms with Gasteiger partial charge in [-0.05, 0) is 18.4 Å². The van der Waals surface area contributed by atoms with Crippen LogP contribution in [0.4, 0.5) is 0 Å². The Balaban J connectivity index is 2.85.